The van der Waals surface area contributed by atoms with Gasteiger partial charge in [0.25, 0.3) is 6.47 Å². The Labute approximate surface area is 181 Å². The minimum absolute atomic E-state index is 0.0513. The predicted octanol–water partition coefficient (Wildman–Crippen LogP) is 3.01. The molecule has 1 aromatic heterocycles. The summed E-state index contributed by atoms with van der Waals surface area (Å²) in [6, 6.07) is 15.3. The van der Waals surface area contributed by atoms with Gasteiger partial charge in [-0.15, -0.1) is 0 Å². The van der Waals surface area contributed by atoms with Gasteiger partial charge in [0.1, 0.15) is 5.82 Å². The fourth-order valence-electron chi connectivity index (χ4n) is 5.05. The number of aliphatic hydroxyl groups is 1. The van der Waals surface area contributed by atoms with Crippen molar-refractivity contribution in [3.8, 4) is 0 Å². The summed E-state index contributed by atoms with van der Waals surface area (Å²) in [5.74, 6) is 1.94. The van der Waals surface area contributed by atoms with E-state index in [0.29, 0.717) is 11.8 Å². The molecule has 31 heavy (non-hydrogen) atoms. The number of anilines is 1. The van der Waals surface area contributed by atoms with Crippen LogP contribution in [0, 0.1) is 11.8 Å². The van der Waals surface area contributed by atoms with Crippen LogP contribution in [0.15, 0.2) is 61.1 Å². The van der Waals surface area contributed by atoms with Gasteiger partial charge in [0, 0.05) is 32.0 Å². The zero-order valence-corrected chi connectivity index (χ0v) is 17.3. The van der Waals surface area contributed by atoms with Crippen molar-refractivity contribution in [2.75, 3.05) is 18.4 Å². The largest absolute Gasteiger partial charge is 0.483 e. The molecule has 1 aliphatic carbocycles. The van der Waals surface area contributed by atoms with Crippen LogP contribution in [0.4, 0.5) is 5.82 Å². The van der Waals surface area contributed by atoms with Crippen LogP contribution in [0.1, 0.15) is 18.4 Å². The first-order valence-corrected chi connectivity index (χ1v) is 10.7. The average molecular weight is 421 g/mol. The average Bonchev–Trinajstić information content (AvgIpc) is 3.16. The zero-order chi connectivity index (χ0) is 21.6. The van der Waals surface area contributed by atoms with Crippen molar-refractivity contribution in [2.24, 2.45) is 11.8 Å². The molecule has 0 spiro atoms. The van der Waals surface area contributed by atoms with E-state index in [1.165, 1.54) is 16.3 Å². The summed E-state index contributed by atoms with van der Waals surface area (Å²) in [6.07, 6.45) is 6.58. The van der Waals surface area contributed by atoms with Crippen molar-refractivity contribution < 1.29 is 15.0 Å². The fraction of sp³-hybridized carbons (Fsp3) is 0.375. The van der Waals surface area contributed by atoms with E-state index >= 15 is 0 Å². The molecule has 1 saturated carbocycles. The minimum Gasteiger partial charge on any atom is -0.483 e. The van der Waals surface area contributed by atoms with E-state index in [0.717, 1.165) is 38.3 Å². The highest BCUT2D eigenvalue weighted by Gasteiger charge is 2.41. The maximum atomic E-state index is 10.7. The monoisotopic (exact) mass is 420 g/mol. The maximum Gasteiger partial charge on any atom is 0.290 e. The Kier molecular flexibility index (Phi) is 6.74. The van der Waals surface area contributed by atoms with Crippen LogP contribution in [0.5, 0.6) is 0 Å². The third kappa shape index (κ3) is 5.00. The molecule has 1 saturated heterocycles. The van der Waals surface area contributed by atoms with Crippen molar-refractivity contribution in [2.45, 2.75) is 31.5 Å². The van der Waals surface area contributed by atoms with E-state index in [4.69, 9.17) is 9.90 Å². The molecule has 3 aromatic rings. The molecule has 7 nitrogen and oxygen atoms in total. The van der Waals surface area contributed by atoms with Gasteiger partial charge in [0.2, 0.25) is 0 Å². The Hall–Kier alpha value is -3.03. The van der Waals surface area contributed by atoms with Gasteiger partial charge >= 0.3 is 0 Å². The first-order valence-electron chi connectivity index (χ1n) is 10.7. The highest BCUT2D eigenvalue weighted by Crippen LogP contribution is 2.38. The number of nitrogens with zero attached hydrogens (tertiary/aromatic N) is 3. The normalized spacial score (nSPS) is 25.3. The van der Waals surface area contributed by atoms with Crippen LogP contribution in [-0.4, -0.2) is 56.8 Å². The van der Waals surface area contributed by atoms with Crippen LogP contribution in [-0.2, 0) is 11.3 Å². The summed E-state index contributed by atoms with van der Waals surface area (Å²) >= 11 is 0. The first kappa shape index (κ1) is 21.2. The van der Waals surface area contributed by atoms with E-state index in [1.807, 2.05) is 0 Å². The third-order valence-corrected chi connectivity index (χ3v) is 6.39. The number of carboxylic acid groups (broad SMARTS) is 1. The van der Waals surface area contributed by atoms with E-state index in [2.05, 4.69) is 62.6 Å². The van der Waals surface area contributed by atoms with Gasteiger partial charge < -0.3 is 15.5 Å². The van der Waals surface area contributed by atoms with E-state index in [1.54, 1.807) is 18.6 Å². The number of rotatable bonds is 4. The van der Waals surface area contributed by atoms with Gasteiger partial charge in [-0.25, -0.2) is 4.98 Å². The standard InChI is InChI=1S/C23H26N4O.CH2O2/c28-22-11-19-15-27(13-17-6-3-5-16-4-1-2-7-20(16)17)14-18(19)10-21(22)26-23-12-24-8-9-25-23;2-1-3/h1-9,12,18-19,21-22,28H,10-11,13-15H2,(H,25,26);1H,(H,2,3)/t18-,19+,21-,22-;/m1./s1. The van der Waals surface area contributed by atoms with E-state index < -0.39 is 0 Å². The number of hydrogen-bond acceptors (Lipinski definition) is 6. The van der Waals surface area contributed by atoms with Gasteiger partial charge in [-0.05, 0) is 41.0 Å². The van der Waals surface area contributed by atoms with Crippen LogP contribution in [0.3, 0.4) is 0 Å². The Morgan fingerprint density at radius 3 is 2.58 bits per heavy atom. The SMILES string of the molecule is O=CO.O[C@@H]1C[C@H]2CN(Cc3cccc4ccccc34)C[C@H]2C[C@H]1Nc1cnccn1. The number of nitrogens with one attached hydrogen (secondary N) is 1. The highest BCUT2D eigenvalue weighted by molar-refractivity contribution is 5.85. The lowest BCUT2D eigenvalue weighted by atomic mass is 9.77. The van der Waals surface area contributed by atoms with Crippen molar-refractivity contribution in [1.82, 2.24) is 14.9 Å². The molecule has 0 unspecified atom stereocenters. The molecular weight excluding hydrogens is 392 g/mol. The summed E-state index contributed by atoms with van der Waals surface area (Å²) < 4.78 is 0. The third-order valence-electron chi connectivity index (χ3n) is 6.39. The molecule has 2 fully saturated rings. The molecule has 0 radical (unpaired) electrons. The van der Waals surface area contributed by atoms with Crippen molar-refractivity contribution in [1.29, 1.82) is 0 Å². The van der Waals surface area contributed by atoms with Crippen LogP contribution >= 0.6 is 0 Å². The summed E-state index contributed by atoms with van der Waals surface area (Å²) in [6.45, 7) is 2.90. The smallest absolute Gasteiger partial charge is 0.290 e. The fourth-order valence-corrected chi connectivity index (χ4v) is 5.05. The molecule has 7 heteroatoms. The Bertz CT molecular complexity index is 995. The van der Waals surface area contributed by atoms with Crippen molar-refractivity contribution in [3.63, 3.8) is 0 Å². The second-order valence-electron chi connectivity index (χ2n) is 8.34. The zero-order valence-electron chi connectivity index (χ0n) is 17.3. The van der Waals surface area contributed by atoms with Crippen molar-refractivity contribution >= 4 is 23.1 Å². The number of benzene rings is 2. The van der Waals surface area contributed by atoms with Gasteiger partial charge in [-0.1, -0.05) is 42.5 Å². The highest BCUT2D eigenvalue weighted by atomic mass is 16.3. The molecular formula is C24H28N4O3. The molecule has 162 valence electrons. The molecule has 2 aromatic carbocycles. The maximum absolute atomic E-state index is 10.7. The summed E-state index contributed by atoms with van der Waals surface area (Å²) in [5.41, 5.74) is 1.39. The van der Waals surface area contributed by atoms with Crippen LogP contribution in [0.2, 0.25) is 0 Å². The molecule has 1 aliphatic heterocycles. The lowest BCUT2D eigenvalue weighted by Crippen LogP contribution is -2.43. The molecule has 0 amide bonds. The molecule has 2 heterocycles. The Morgan fingerprint density at radius 1 is 1.06 bits per heavy atom. The number of carbonyl (C=O) groups is 1. The summed E-state index contributed by atoms with van der Waals surface area (Å²) in [7, 11) is 0. The topological polar surface area (TPSA) is 98.6 Å². The number of aromatic nitrogens is 2. The Balaban J connectivity index is 0.000000730. The van der Waals surface area contributed by atoms with Crippen LogP contribution < -0.4 is 5.32 Å². The van der Waals surface area contributed by atoms with E-state index in [-0.39, 0.29) is 18.6 Å². The molecule has 0 bridgehead atoms. The predicted molar refractivity (Wildman–Crippen MR) is 120 cm³/mol. The van der Waals surface area contributed by atoms with Crippen LogP contribution in [0.25, 0.3) is 10.8 Å². The molecule has 3 N–H and O–H groups in total. The number of likely N-dealkylation sites (tertiary alicyclic amines) is 1. The molecule has 4 atom stereocenters. The quantitative estimate of drug-likeness (QED) is 0.558. The number of fused-ring (bicyclic) bond motifs is 2. The number of aliphatic hydroxyl groups excluding tert-OH is 1. The minimum atomic E-state index is -0.333. The summed E-state index contributed by atoms with van der Waals surface area (Å²) in [5, 5.41) is 23.6. The Morgan fingerprint density at radius 2 is 1.81 bits per heavy atom. The molecule has 2 aliphatic rings. The van der Waals surface area contributed by atoms with E-state index in [9.17, 15) is 5.11 Å². The van der Waals surface area contributed by atoms with Gasteiger partial charge in [0.05, 0.1) is 18.3 Å². The number of hydrogen-bond donors (Lipinski definition) is 3. The lowest BCUT2D eigenvalue weighted by molar-refractivity contribution is -0.122. The summed E-state index contributed by atoms with van der Waals surface area (Å²) in [4.78, 5) is 19.3. The van der Waals surface area contributed by atoms with Gasteiger partial charge in [-0.3, -0.25) is 14.7 Å². The first-order chi connectivity index (χ1) is 15.2. The van der Waals surface area contributed by atoms with Gasteiger partial charge in [-0.2, -0.15) is 0 Å². The second-order valence-corrected chi connectivity index (χ2v) is 8.34. The lowest BCUT2D eigenvalue weighted by Gasteiger charge is -2.35. The second kappa shape index (κ2) is 9.85. The molecule has 5 rings (SSSR count). The van der Waals surface area contributed by atoms with Crippen molar-refractivity contribution in [3.05, 3.63) is 66.6 Å². The van der Waals surface area contributed by atoms with Gasteiger partial charge in [0.15, 0.2) is 0 Å².